The number of ketones is 1. The number of likely N-dealkylation sites (N-methyl/N-ethyl adjacent to an activating group) is 1. The number of carbonyl (C=O) groups excluding carboxylic acids is 4. The number of urea groups is 1. The second kappa shape index (κ2) is 10.2. The Morgan fingerprint density at radius 1 is 1.17 bits per heavy atom. The van der Waals surface area contributed by atoms with E-state index in [9.17, 15) is 24.3 Å². The maximum atomic E-state index is 12.4. The number of benzene rings is 1. The summed E-state index contributed by atoms with van der Waals surface area (Å²) in [5, 5.41) is 16.0. The van der Waals surface area contributed by atoms with Gasteiger partial charge in [-0.25, -0.2) is 4.79 Å². The minimum atomic E-state index is -1.36. The van der Waals surface area contributed by atoms with E-state index in [0.717, 1.165) is 5.69 Å². The molecule has 0 radical (unpaired) electrons. The number of aromatic nitrogens is 1. The number of aliphatic carboxylic acids is 1. The number of amides is 3. The fraction of sp³-hybridized carbons (Fsp3) is 0.200. The molecule has 2 atom stereocenters. The van der Waals surface area contributed by atoms with Gasteiger partial charge in [0, 0.05) is 49.8 Å². The van der Waals surface area contributed by atoms with Crippen LogP contribution in [0.3, 0.4) is 0 Å². The third kappa shape index (κ3) is 5.59. The van der Waals surface area contributed by atoms with Gasteiger partial charge in [0.25, 0.3) is 5.91 Å². The van der Waals surface area contributed by atoms with Crippen LogP contribution in [0.1, 0.15) is 18.0 Å². The summed E-state index contributed by atoms with van der Waals surface area (Å²) in [6, 6.07) is 7.56. The minimum absolute atomic E-state index is 0. The first-order valence-electron chi connectivity index (χ1n) is 8.84. The number of nitrogens with one attached hydrogen (secondary N) is 2. The Kier molecular flexibility index (Phi) is 7.99. The molecule has 1 aliphatic rings. The van der Waals surface area contributed by atoms with E-state index in [1.807, 2.05) is 35.2 Å². The van der Waals surface area contributed by atoms with Crippen LogP contribution in [0, 0.1) is 0 Å². The van der Waals surface area contributed by atoms with Crippen LogP contribution in [0.4, 0.5) is 4.79 Å². The number of carbonyl (C=O) groups is 4. The molecule has 150 valence electrons. The van der Waals surface area contributed by atoms with E-state index in [0.29, 0.717) is 5.56 Å². The summed E-state index contributed by atoms with van der Waals surface area (Å²) >= 11 is 0. The summed E-state index contributed by atoms with van der Waals surface area (Å²) < 4.78 is 1.83. The maximum absolute atomic E-state index is 12.4. The number of rotatable bonds is 6. The Labute approximate surface area is 195 Å². The molecule has 1 aromatic carbocycles. The standard InChI is InChI=1S/C20H20N4O5.Na/c1-23-10-7-16(25)18(19(23)28)22-20(29)21-15(12-17(26)27)13-5-4-6-14(11-13)24-8-2-3-9-24;/h2-11,15,18H,12H2,1H3,(H,26,27)(H2,21,22,29);/q;+1/p-1/t15-,18?;/m0./s1. The Morgan fingerprint density at radius 3 is 2.53 bits per heavy atom. The Hall–Kier alpha value is -2.88. The molecule has 0 aliphatic carbocycles. The van der Waals surface area contributed by atoms with Crippen molar-refractivity contribution >= 4 is 23.7 Å². The zero-order valence-electron chi connectivity index (χ0n) is 16.6. The number of carboxylic acids is 1. The summed E-state index contributed by atoms with van der Waals surface area (Å²) in [4.78, 5) is 48.8. The van der Waals surface area contributed by atoms with Crippen molar-refractivity contribution in [1.82, 2.24) is 20.1 Å². The number of nitrogens with zero attached hydrogens (tertiary/aromatic N) is 2. The first-order chi connectivity index (χ1) is 13.8. The van der Waals surface area contributed by atoms with Crippen LogP contribution in [0.2, 0.25) is 0 Å². The zero-order valence-corrected chi connectivity index (χ0v) is 18.6. The quantitative estimate of drug-likeness (QED) is 0.380. The van der Waals surface area contributed by atoms with E-state index >= 15 is 0 Å². The minimum Gasteiger partial charge on any atom is -0.550 e. The van der Waals surface area contributed by atoms with Gasteiger partial charge in [0.1, 0.15) is 0 Å². The molecule has 1 unspecified atom stereocenters. The van der Waals surface area contributed by atoms with E-state index in [1.165, 1.54) is 24.2 Å². The molecular formula is C20H19N4NaO5. The van der Waals surface area contributed by atoms with Gasteiger partial charge < -0.3 is 30.0 Å². The third-order valence-electron chi connectivity index (χ3n) is 4.47. The Morgan fingerprint density at radius 2 is 1.87 bits per heavy atom. The van der Waals surface area contributed by atoms with Crippen LogP contribution in [-0.2, 0) is 14.4 Å². The predicted molar refractivity (Wildman–Crippen MR) is 101 cm³/mol. The smallest absolute Gasteiger partial charge is 0.550 e. The van der Waals surface area contributed by atoms with Crippen molar-refractivity contribution in [2.75, 3.05) is 7.05 Å². The van der Waals surface area contributed by atoms with Gasteiger partial charge in [-0.2, -0.15) is 0 Å². The fourth-order valence-electron chi connectivity index (χ4n) is 2.97. The number of carboxylic acid groups (broad SMARTS) is 1. The second-order valence-electron chi connectivity index (χ2n) is 6.53. The van der Waals surface area contributed by atoms with Crippen LogP contribution < -0.4 is 45.3 Å². The molecular weight excluding hydrogens is 399 g/mol. The molecule has 0 fully saturated rings. The van der Waals surface area contributed by atoms with Gasteiger partial charge in [0.15, 0.2) is 11.8 Å². The van der Waals surface area contributed by atoms with Gasteiger partial charge in [-0.05, 0) is 29.8 Å². The average Bonchev–Trinajstić information content (AvgIpc) is 3.22. The summed E-state index contributed by atoms with van der Waals surface area (Å²) in [5.41, 5.74) is 1.32. The van der Waals surface area contributed by atoms with Crippen molar-refractivity contribution in [3.05, 3.63) is 66.6 Å². The summed E-state index contributed by atoms with van der Waals surface area (Å²) in [7, 11) is 1.46. The van der Waals surface area contributed by atoms with Crippen molar-refractivity contribution in [3.63, 3.8) is 0 Å². The molecule has 10 heteroatoms. The molecule has 0 saturated heterocycles. The third-order valence-corrected chi connectivity index (χ3v) is 4.47. The van der Waals surface area contributed by atoms with E-state index in [1.54, 1.807) is 18.2 Å². The molecule has 2 N–H and O–H groups in total. The molecule has 0 spiro atoms. The molecule has 30 heavy (non-hydrogen) atoms. The topological polar surface area (TPSA) is 124 Å². The molecule has 1 aliphatic heterocycles. The van der Waals surface area contributed by atoms with Crippen molar-refractivity contribution in [2.24, 2.45) is 0 Å². The van der Waals surface area contributed by atoms with Gasteiger partial charge in [0.05, 0.1) is 6.04 Å². The van der Waals surface area contributed by atoms with Gasteiger partial charge in [-0.1, -0.05) is 12.1 Å². The van der Waals surface area contributed by atoms with E-state index in [4.69, 9.17) is 0 Å². The van der Waals surface area contributed by atoms with Crippen LogP contribution in [0.15, 0.2) is 61.1 Å². The van der Waals surface area contributed by atoms with Crippen LogP contribution in [0.5, 0.6) is 0 Å². The summed E-state index contributed by atoms with van der Waals surface area (Å²) in [5.74, 6) is -2.50. The molecule has 9 nitrogen and oxygen atoms in total. The molecule has 0 bridgehead atoms. The predicted octanol–water partition coefficient (Wildman–Crippen LogP) is -3.11. The van der Waals surface area contributed by atoms with Crippen LogP contribution in [-0.4, -0.2) is 46.2 Å². The molecule has 0 saturated carbocycles. The normalized spacial score (nSPS) is 16.6. The van der Waals surface area contributed by atoms with Gasteiger partial charge in [0.2, 0.25) is 0 Å². The molecule has 2 heterocycles. The van der Waals surface area contributed by atoms with Crippen LogP contribution >= 0.6 is 0 Å². The monoisotopic (exact) mass is 418 g/mol. The zero-order chi connectivity index (χ0) is 21.0. The van der Waals surface area contributed by atoms with E-state index < -0.39 is 42.2 Å². The summed E-state index contributed by atoms with van der Waals surface area (Å²) in [6.07, 6.45) is 5.68. The second-order valence-corrected chi connectivity index (χ2v) is 6.53. The average molecular weight is 418 g/mol. The van der Waals surface area contributed by atoms with Crippen molar-refractivity contribution in [2.45, 2.75) is 18.5 Å². The van der Waals surface area contributed by atoms with Crippen molar-refractivity contribution in [3.8, 4) is 5.69 Å². The van der Waals surface area contributed by atoms with Gasteiger partial charge >= 0.3 is 35.6 Å². The molecule has 3 rings (SSSR count). The first kappa shape index (κ1) is 23.4. The van der Waals surface area contributed by atoms with Gasteiger partial charge in [-0.15, -0.1) is 0 Å². The largest absolute Gasteiger partial charge is 1.00 e. The molecule has 1 aromatic heterocycles. The SMILES string of the molecule is CN1C=CC(=O)C(NC(=O)N[C@@H](CC(=O)[O-])c2cccc(-n3cccc3)c2)C1=O.[Na+]. The Balaban J connectivity index is 0.00000320. The van der Waals surface area contributed by atoms with Crippen molar-refractivity contribution < 1.29 is 53.8 Å². The maximum Gasteiger partial charge on any atom is 1.00 e. The van der Waals surface area contributed by atoms with Gasteiger partial charge in [-0.3, -0.25) is 9.59 Å². The summed E-state index contributed by atoms with van der Waals surface area (Å²) in [6.45, 7) is 0. The number of hydrogen-bond acceptors (Lipinski definition) is 5. The molecule has 3 amide bonds. The van der Waals surface area contributed by atoms with Crippen LogP contribution in [0.25, 0.3) is 5.69 Å². The van der Waals surface area contributed by atoms with Crippen molar-refractivity contribution in [1.29, 1.82) is 0 Å². The fourth-order valence-corrected chi connectivity index (χ4v) is 2.97. The van der Waals surface area contributed by atoms with E-state index in [2.05, 4.69) is 10.6 Å². The van der Waals surface area contributed by atoms with E-state index in [-0.39, 0.29) is 29.6 Å². The molecule has 2 aromatic rings. The Bertz CT molecular complexity index is 973. The number of hydrogen-bond donors (Lipinski definition) is 2. The first-order valence-corrected chi connectivity index (χ1v) is 8.84.